The molecule has 0 bridgehead atoms. The lowest BCUT2D eigenvalue weighted by Gasteiger charge is -2.33. The zero-order valence-electron chi connectivity index (χ0n) is 18.6. The number of urea groups is 1. The molecule has 2 amide bonds. The van der Waals surface area contributed by atoms with Gasteiger partial charge in [0.2, 0.25) is 0 Å². The fourth-order valence-electron chi connectivity index (χ4n) is 2.82. The van der Waals surface area contributed by atoms with Crippen molar-refractivity contribution in [2.75, 3.05) is 19.3 Å². The van der Waals surface area contributed by atoms with E-state index in [1.54, 1.807) is 25.8 Å². The zero-order valence-corrected chi connectivity index (χ0v) is 19.4. The first kappa shape index (κ1) is 25.3. The van der Waals surface area contributed by atoms with Crippen LogP contribution in [0.4, 0.5) is 4.79 Å². The quantitative estimate of drug-likeness (QED) is 0.504. The highest BCUT2D eigenvalue weighted by Gasteiger charge is 2.37. The molecule has 0 unspecified atom stereocenters. The highest BCUT2D eigenvalue weighted by Crippen LogP contribution is 2.24. The molecule has 0 heterocycles. The van der Waals surface area contributed by atoms with Gasteiger partial charge < -0.3 is 10.2 Å². The SMILES string of the molecule is CN(CCCCCCCSC(C)(C)C)C(=O)NC(C)(C)C(=O)C(C)(C)C. The van der Waals surface area contributed by atoms with Crippen LogP contribution in [0.2, 0.25) is 0 Å². The summed E-state index contributed by atoms with van der Waals surface area (Å²) in [5, 5.41) is 2.88. The second-order valence-electron chi connectivity index (χ2n) is 9.78. The van der Waals surface area contributed by atoms with Crippen LogP contribution < -0.4 is 5.32 Å². The van der Waals surface area contributed by atoms with Crippen molar-refractivity contribution in [2.45, 2.75) is 97.8 Å². The van der Waals surface area contributed by atoms with Gasteiger partial charge in [0.1, 0.15) is 0 Å². The van der Waals surface area contributed by atoms with Crippen molar-refractivity contribution in [2.24, 2.45) is 5.41 Å². The van der Waals surface area contributed by atoms with Gasteiger partial charge >= 0.3 is 6.03 Å². The Balaban J connectivity index is 4.02. The minimum absolute atomic E-state index is 0.0416. The fraction of sp³-hybridized carbons (Fsp3) is 0.905. The minimum atomic E-state index is -0.853. The Hall–Kier alpha value is -0.710. The molecular formula is C21H42N2O2S. The molecule has 0 aromatic carbocycles. The molecule has 0 saturated heterocycles. The topological polar surface area (TPSA) is 49.4 Å². The molecule has 0 aliphatic carbocycles. The average Bonchev–Trinajstić information content (AvgIpc) is 2.46. The van der Waals surface area contributed by atoms with E-state index in [9.17, 15) is 9.59 Å². The number of amides is 2. The summed E-state index contributed by atoms with van der Waals surface area (Å²) in [5.74, 6) is 1.27. The molecule has 0 aromatic rings. The van der Waals surface area contributed by atoms with Gasteiger partial charge in [-0.3, -0.25) is 4.79 Å². The van der Waals surface area contributed by atoms with Crippen molar-refractivity contribution in [3.8, 4) is 0 Å². The van der Waals surface area contributed by atoms with E-state index in [-0.39, 0.29) is 11.8 Å². The summed E-state index contributed by atoms with van der Waals surface area (Å²) < 4.78 is 0.359. The van der Waals surface area contributed by atoms with E-state index in [1.807, 2.05) is 32.5 Å². The number of nitrogens with zero attached hydrogens (tertiary/aromatic N) is 1. The van der Waals surface area contributed by atoms with Gasteiger partial charge in [-0.15, -0.1) is 0 Å². The van der Waals surface area contributed by atoms with Crippen LogP contribution >= 0.6 is 11.8 Å². The number of rotatable bonds is 10. The number of thioether (sulfide) groups is 1. The van der Waals surface area contributed by atoms with Crippen LogP contribution in [-0.2, 0) is 4.79 Å². The molecule has 4 nitrogen and oxygen atoms in total. The van der Waals surface area contributed by atoms with E-state index >= 15 is 0 Å². The molecule has 0 aliphatic heterocycles. The number of unbranched alkanes of at least 4 members (excludes halogenated alkanes) is 4. The molecule has 5 heteroatoms. The average molecular weight is 387 g/mol. The second kappa shape index (κ2) is 10.6. The number of carbonyl (C=O) groups excluding carboxylic acids is 2. The van der Waals surface area contributed by atoms with Gasteiger partial charge in [0.15, 0.2) is 5.78 Å². The molecule has 0 atom stereocenters. The summed E-state index contributed by atoms with van der Waals surface area (Å²) >= 11 is 2.03. The van der Waals surface area contributed by atoms with Crippen molar-refractivity contribution in [1.29, 1.82) is 0 Å². The summed E-state index contributed by atoms with van der Waals surface area (Å²) in [6.07, 6.45) is 5.88. The van der Waals surface area contributed by atoms with E-state index in [2.05, 4.69) is 26.1 Å². The largest absolute Gasteiger partial charge is 0.328 e. The molecule has 0 spiro atoms. The summed E-state index contributed by atoms with van der Waals surface area (Å²) in [5.41, 5.74) is -1.32. The number of hydrogen-bond acceptors (Lipinski definition) is 3. The predicted molar refractivity (Wildman–Crippen MR) is 115 cm³/mol. The first-order valence-corrected chi connectivity index (χ1v) is 10.9. The van der Waals surface area contributed by atoms with Crippen LogP contribution in [0, 0.1) is 5.41 Å². The molecule has 0 aromatic heterocycles. The van der Waals surface area contributed by atoms with Crippen LogP contribution in [0.15, 0.2) is 0 Å². The summed E-state index contributed by atoms with van der Waals surface area (Å²) in [6, 6.07) is -0.172. The molecule has 0 radical (unpaired) electrons. The Labute approximate surface area is 166 Å². The maximum atomic E-state index is 12.5. The fourth-order valence-corrected chi connectivity index (χ4v) is 3.78. The second-order valence-corrected chi connectivity index (χ2v) is 11.7. The smallest absolute Gasteiger partial charge is 0.317 e. The third-order valence-corrected chi connectivity index (χ3v) is 5.55. The van der Waals surface area contributed by atoms with Crippen molar-refractivity contribution in [1.82, 2.24) is 10.2 Å². The highest BCUT2D eigenvalue weighted by atomic mass is 32.2. The Kier molecular flexibility index (Phi) is 10.3. The summed E-state index contributed by atoms with van der Waals surface area (Å²) in [7, 11) is 1.80. The molecule has 1 N–H and O–H groups in total. The number of Topliss-reactive ketones (excluding diaryl/α,β-unsaturated/α-hetero) is 1. The normalized spacial score (nSPS) is 12.8. The van der Waals surface area contributed by atoms with Crippen molar-refractivity contribution >= 4 is 23.6 Å². The van der Waals surface area contributed by atoms with Gasteiger partial charge in [-0.2, -0.15) is 11.8 Å². The van der Waals surface area contributed by atoms with Gasteiger partial charge in [-0.25, -0.2) is 4.79 Å². The third kappa shape index (κ3) is 11.1. The lowest BCUT2D eigenvalue weighted by atomic mass is 9.80. The maximum absolute atomic E-state index is 12.5. The van der Waals surface area contributed by atoms with E-state index in [0.717, 1.165) is 19.4 Å². The van der Waals surface area contributed by atoms with Crippen molar-refractivity contribution < 1.29 is 9.59 Å². The van der Waals surface area contributed by atoms with E-state index in [0.29, 0.717) is 4.75 Å². The minimum Gasteiger partial charge on any atom is -0.328 e. The van der Waals surface area contributed by atoms with Crippen LogP contribution in [0.5, 0.6) is 0 Å². The lowest BCUT2D eigenvalue weighted by molar-refractivity contribution is -0.131. The van der Waals surface area contributed by atoms with E-state index in [1.165, 1.54) is 25.0 Å². The number of carbonyl (C=O) groups is 2. The molecule has 0 rings (SSSR count). The molecule has 0 fully saturated rings. The number of hydrogen-bond donors (Lipinski definition) is 1. The molecular weight excluding hydrogens is 344 g/mol. The number of ketones is 1. The van der Waals surface area contributed by atoms with Gasteiger partial charge in [0.05, 0.1) is 5.54 Å². The molecule has 26 heavy (non-hydrogen) atoms. The Morgan fingerprint density at radius 1 is 0.846 bits per heavy atom. The van der Waals surface area contributed by atoms with Gasteiger partial charge in [-0.05, 0) is 32.4 Å². The van der Waals surface area contributed by atoms with E-state index < -0.39 is 11.0 Å². The molecule has 0 aliphatic rings. The van der Waals surface area contributed by atoms with Gasteiger partial charge in [0.25, 0.3) is 0 Å². The van der Waals surface area contributed by atoms with Crippen LogP contribution in [0.1, 0.15) is 87.5 Å². The van der Waals surface area contributed by atoms with E-state index in [4.69, 9.17) is 0 Å². The van der Waals surface area contributed by atoms with Crippen molar-refractivity contribution in [3.05, 3.63) is 0 Å². The Bertz CT molecular complexity index is 448. The summed E-state index contributed by atoms with van der Waals surface area (Å²) in [4.78, 5) is 26.5. The van der Waals surface area contributed by atoms with Crippen molar-refractivity contribution in [3.63, 3.8) is 0 Å². The predicted octanol–water partition coefficient (Wildman–Crippen LogP) is 5.50. The first-order valence-electron chi connectivity index (χ1n) is 9.89. The molecule has 0 saturated carbocycles. The zero-order chi connectivity index (χ0) is 20.6. The lowest BCUT2D eigenvalue weighted by Crippen LogP contribution is -2.56. The number of nitrogens with one attached hydrogen (secondary N) is 1. The van der Waals surface area contributed by atoms with Crippen LogP contribution in [0.3, 0.4) is 0 Å². The summed E-state index contributed by atoms with van der Waals surface area (Å²) in [6.45, 7) is 16.7. The Morgan fingerprint density at radius 3 is 1.85 bits per heavy atom. The van der Waals surface area contributed by atoms with Gasteiger partial charge in [-0.1, -0.05) is 60.8 Å². The standard InChI is InChI=1S/C21H42N2O2S/c1-19(2,3)17(24)21(7,8)22-18(25)23(9)15-13-11-10-12-14-16-26-20(4,5)6/h10-16H2,1-9H3,(H,22,25). The highest BCUT2D eigenvalue weighted by molar-refractivity contribution is 8.00. The van der Waals surface area contributed by atoms with Crippen LogP contribution in [-0.4, -0.2) is 46.3 Å². The molecule has 154 valence electrons. The van der Waals surface area contributed by atoms with Gasteiger partial charge in [0, 0.05) is 23.8 Å². The Morgan fingerprint density at radius 2 is 1.35 bits per heavy atom. The van der Waals surface area contributed by atoms with Crippen LogP contribution in [0.25, 0.3) is 0 Å². The maximum Gasteiger partial charge on any atom is 0.317 e. The third-order valence-electron chi connectivity index (χ3n) is 4.19. The monoisotopic (exact) mass is 386 g/mol. The first-order chi connectivity index (χ1) is 11.7.